The first-order chi connectivity index (χ1) is 10.8. The lowest BCUT2D eigenvalue weighted by atomic mass is 10.2. The van der Waals surface area contributed by atoms with Gasteiger partial charge in [-0.15, -0.1) is 11.3 Å². The lowest BCUT2D eigenvalue weighted by molar-refractivity contribution is 0.841. The van der Waals surface area contributed by atoms with Gasteiger partial charge in [0.15, 0.2) is 0 Å². The Bertz CT molecular complexity index is 922. The molecule has 0 aliphatic heterocycles. The van der Waals surface area contributed by atoms with Crippen molar-refractivity contribution < 1.29 is 0 Å². The molecule has 0 fully saturated rings. The smallest absolute Gasteiger partial charge is 0.116 e. The first kappa shape index (κ1) is 13.2. The lowest BCUT2D eigenvalue weighted by Gasteiger charge is -1.99. The number of rotatable bonds is 3. The summed E-state index contributed by atoms with van der Waals surface area (Å²) >= 11 is 1.69. The number of fused-ring (bicyclic) bond motifs is 1. The summed E-state index contributed by atoms with van der Waals surface area (Å²) in [6, 6.07) is 18.5. The maximum Gasteiger partial charge on any atom is 0.116 e. The maximum atomic E-state index is 4.75. The zero-order valence-electron chi connectivity index (χ0n) is 12.2. The summed E-state index contributed by atoms with van der Waals surface area (Å²) in [5.41, 5.74) is 4.41. The van der Waals surface area contributed by atoms with E-state index in [1.165, 1.54) is 0 Å². The van der Waals surface area contributed by atoms with Crippen molar-refractivity contribution in [3.63, 3.8) is 0 Å². The number of benzene rings is 2. The second-order valence-electron chi connectivity index (χ2n) is 5.25. The van der Waals surface area contributed by atoms with Crippen molar-refractivity contribution >= 4 is 22.4 Å². The molecule has 0 saturated heterocycles. The first-order valence-corrected chi connectivity index (χ1v) is 8.09. The average Bonchev–Trinajstić information content (AvgIpc) is 3.15. The summed E-state index contributed by atoms with van der Waals surface area (Å²) in [5, 5.41) is 3.21. The van der Waals surface area contributed by atoms with Crippen LogP contribution in [-0.2, 0) is 13.5 Å². The molecule has 4 rings (SSSR count). The molecule has 108 valence electrons. The SMILES string of the molecule is Cn1c(Cc2nc(-c3ccccc3)cs2)nc2ccccc21. The predicted molar refractivity (Wildman–Crippen MR) is 91.1 cm³/mol. The molecule has 0 saturated carbocycles. The Kier molecular flexibility index (Phi) is 3.24. The van der Waals surface area contributed by atoms with Crippen molar-refractivity contribution in [2.45, 2.75) is 6.42 Å². The van der Waals surface area contributed by atoms with Gasteiger partial charge < -0.3 is 4.57 Å². The van der Waals surface area contributed by atoms with E-state index < -0.39 is 0 Å². The van der Waals surface area contributed by atoms with Gasteiger partial charge in [-0.25, -0.2) is 9.97 Å². The molecule has 2 heterocycles. The molecular weight excluding hydrogens is 290 g/mol. The van der Waals surface area contributed by atoms with E-state index in [1.54, 1.807) is 11.3 Å². The summed E-state index contributed by atoms with van der Waals surface area (Å²) in [6.07, 6.45) is 0.767. The minimum Gasteiger partial charge on any atom is -0.331 e. The monoisotopic (exact) mass is 305 g/mol. The van der Waals surface area contributed by atoms with Gasteiger partial charge in [0, 0.05) is 18.0 Å². The molecule has 22 heavy (non-hydrogen) atoms. The van der Waals surface area contributed by atoms with Gasteiger partial charge in [-0.3, -0.25) is 0 Å². The van der Waals surface area contributed by atoms with E-state index in [2.05, 4.69) is 41.3 Å². The number of aryl methyl sites for hydroxylation is 1. The predicted octanol–water partition coefficient (Wildman–Crippen LogP) is 4.29. The molecule has 0 aliphatic rings. The number of thiazole rings is 1. The fourth-order valence-electron chi connectivity index (χ4n) is 2.62. The molecule has 4 heteroatoms. The van der Waals surface area contributed by atoms with Crippen molar-refractivity contribution in [3.05, 3.63) is 70.8 Å². The van der Waals surface area contributed by atoms with Crippen LogP contribution in [0.15, 0.2) is 60.0 Å². The Hall–Kier alpha value is -2.46. The third kappa shape index (κ3) is 2.31. The van der Waals surface area contributed by atoms with Gasteiger partial charge in [-0.05, 0) is 12.1 Å². The van der Waals surface area contributed by atoms with Gasteiger partial charge in [0.1, 0.15) is 10.8 Å². The summed E-state index contributed by atoms with van der Waals surface area (Å²) in [6.45, 7) is 0. The third-order valence-electron chi connectivity index (χ3n) is 3.81. The standard InChI is InChI=1S/C18H15N3S/c1-21-16-10-6-5-9-14(16)19-17(21)11-18-20-15(12-22-18)13-7-3-2-4-8-13/h2-10,12H,11H2,1H3. The summed E-state index contributed by atoms with van der Waals surface area (Å²) in [4.78, 5) is 9.47. The Morgan fingerprint density at radius 2 is 1.73 bits per heavy atom. The normalized spacial score (nSPS) is 11.1. The van der Waals surface area contributed by atoms with Crippen LogP contribution in [0.25, 0.3) is 22.3 Å². The van der Waals surface area contributed by atoms with Crippen LogP contribution in [0.1, 0.15) is 10.8 Å². The van der Waals surface area contributed by atoms with Gasteiger partial charge >= 0.3 is 0 Å². The maximum absolute atomic E-state index is 4.75. The fraction of sp³-hybridized carbons (Fsp3) is 0.111. The Morgan fingerprint density at radius 3 is 2.55 bits per heavy atom. The zero-order valence-corrected chi connectivity index (χ0v) is 13.0. The fourth-order valence-corrected chi connectivity index (χ4v) is 3.42. The highest BCUT2D eigenvalue weighted by Gasteiger charge is 2.11. The van der Waals surface area contributed by atoms with Crippen molar-refractivity contribution in [1.29, 1.82) is 0 Å². The zero-order chi connectivity index (χ0) is 14.9. The highest BCUT2D eigenvalue weighted by Crippen LogP contribution is 2.24. The van der Waals surface area contributed by atoms with E-state index in [9.17, 15) is 0 Å². The summed E-state index contributed by atoms with van der Waals surface area (Å²) < 4.78 is 2.15. The molecule has 0 bridgehead atoms. The average molecular weight is 305 g/mol. The Labute approximate surface area is 132 Å². The second-order valence-corrected chi connectivity index (χ2v) is 6.19. The van der Waals surface area contributed by atoms with Crippen LogP contribution in [0.5, 0.6) is 0 Å². The molecule has 0 atom stereocenters. The van der Waals surface area contributed by atoms with Crippen molar-refractivity contribution in [2.75, 3.05) is 0 Å². The topological polar surface area (TPSA) is 30.7 Å². The molecule has 0 spiro atoms. The van der Waals surface area contributed by atoms with Crippen LogP contribution < -0.4 is 0 Å². The highest BCUT2D eigenvalue weighted by atomic mass is 32.1. The van der Waals surface area contributed by atoms with Crippen LogP contribution >= 0.6 is 11.3 Å². The molecule has 4 aromatic rings. The minimum atomic E-state index is 0.767. The van der Waals surface area contributed by atoms with E-state index in [0.29, 0.717) is 0 Å². The van der Waals surface area contributed by atoms with Gasteiger partial charge in [-0.1, -0.05) is 42.5 Å². The molecule has 0 amide bonds. The number of aromatic nitrogens is 3. The molecule has 2 aromatic heterocycles. The molecule has 0 unspecified atom stereocenters. The summed E-state index contributed by atoms with van der Waals surface area (Å²) in [7, 11) is 2.07. The van der Waals surface area contributed by atoms with Crippen molar-refractivity contribution in [3.8, 4) is 11.3 Å². The van der Waals surface area contributed by atoms with E-state index in [0.717, 1.165) is 39.5 Å². The number of hydrogen-bond donors (Lipinski definition) is 0. The Balaban J connectivity index is 1.66. The molecule has 2 aromatic carbocycles. The molecular formula is C18H15N3S. The van der Waals surface area contributed by atoms with E-state index in [-0.39, 0.29) is 0 Å². The van der Waals surface area contributed by atoms with Crippen LogP contribution in [0.2, 0.25) is 0 Å². The molecule has 3 nitrogen and oxygen atoms in total. The van der Waals surface area contributed by atoms with Crippen molar-refractivity contribution in [1.82, 2.24) is 14.5 Å². The van der Waals surface area contributed by atoms with Crippen molar-refractivity contribution in [2.24, 2.45) is 7.05 Å². The van der Waals surface area contributed by atoms with E-state index in [1.807, 2.05) is 30.3 Å². The number of nitrogens with zero attached hydrogens (tertiary/aromatic N) is 3. The number of hydrogen-bond acceptors (Lipinski definition) is 3. The molecule has 0 N–H and O–H groups in total. The van der Waals surface area contributed by atoms with Crippen LogP contribution in [0.4, 0.5) is 0 Å². The number of imidazole rings is 1. The quantitative estimate of drug-likeness (QED) is 0.565. The van der Waals surface area contributed by atoms with E-state index in [4.69, 9.17) is 9.97 Å². The van der Waals surface area contributed by atoms with Gasteiger partial charge in [0.2, 0.25) is 0 Å². The molecule has 0 aliphatic carbocycles. The summed E-state index contributed by atoms with van der Waals surface area (Å²) in [5.74, 6) is 1.05. The van der Waals surface area contributed by atoms with Crippen LogP contribution in [0.3, 0.4) is 0 Å². The largest absolute Gasteiger partial charge is 0.331 e. The highest BCUT2D eigenvalue weighted by molar-refractivity contribution is 7.10. The second kappa shape index (κ2) is 5.39. The van der Waals surface area contributed by atoms with Crippen LogP contribution in [-0.4, -0.2) is 14.5 Å². The minimum absolute atomic E-state index is 0.767. The van der Waals surface area contributed by atoms with Gasteiger partial charge in [0.05, 0.1) is 23.1 Å². The van der Waals surface area contributed by atoms with E-state index >= 15 is 0 Å². The van der Waals surface area contributed by atoms with Crippen LogP contribution in [0, 0.1) is 0 Å². The Morgan fingerprint density at radius 1 is 0.955 bits per heavy atom. The first-order valence-electron chi connectivity index (χ1n) is 7.21. The van der Waals surface area contributed by atoms with Gasteiger partial charge in [-0.2, -0.15) is 0 Å². The third-order valence-corrected chi connectivity index (χ3v) is 4.66. The molecule has 0 radical (unpaired) electrons. The number of para-hydroxylation sites is 2. The van der Waals surface area contributed by atoms with Gasteiger partial charge in [0.25, 0.3) is 0 Å². The lowest BCUT2D eigenvalue weighted by Crippen LogP contribution is -1.98.